The third-order valence-electron chi connectivity index (χ3n) is 7.31. The fourth-order valence-electron chi connectivity index (χ4n) is 5.62. The lowest BCUT2D eigenvalue weighted by molar-refractivity contribution is -0.122. The van der Waals surface area contributed by atoms with Gasteiger partial charge in [0, 0.05) is 55.9 Å². The molecule has 0 spiro atoms. The second-order valence-corrected chi connectivity index (χ2v) is 9.75. The highest BCUT2D eigenvalue weighted by Crippen LogP contribution is 2.38. The first-order chi connectivity index (χ1) is 16.0. The molecule has 5 rings (SSSR count). The topological polar surface area (TPSA) is 96.5 Å². The van der Waals surface area contributed by atoms with E-state index in [4.69, 9.17) is 9.90 Å². The molecular formula is C24H36N6O3. The van der Waals surface area contributed by atoms with Gasteiger partial charge in [0.25, 0.3) is 12.0 Å². The first-order valence-corrected chi connectivity index (χ1v) is 12.1. The molecule has 180 valence electrons. The fraction of sp³-hybridized carbons (Fsp3) is 0.667. The molecular weight excluding hydrogens is 420 g/mol. The number of rotatable bonds is 7. The van der Waals surface area contributed by atoms with Crippen molar-refractivity contribution in [3.05, 3.63) is 45.9 Å². The van der Waals surface area contributed by atoms with Crippen molar-refractivity contribution in [2.45, 2.75) is 77.2 Å². The van der Waals surface area contributed by atoms with Gasteiger partial charge < -0.3 is 14.2 Å². The minimum Gasteiger partial charge on any atom is -0.483 e. The van der Waals surface area contributed by atoms with E-state index in [-0.39, 0.29) is 12.0 Å². The summed E-state index contributed by atoms with van der Waals surface area (Å²) in [7, 11) is 2.06. The fourth-order valence-corrected chi connectivity index (χ4v) is 5.62. The Bertz CT molecular complexity index is 998. The van der Waals surface area contributed by atoms with Crippen molar-refractivity contribution in [2.75, 3.05) is 20.1 Å². The Labute approximate surface area is 195 Å². The Balaban J connectivity index is 0.000000821. The van der Waals surface area contributed by atoms with Crippen LogP contribution in [0.3, 0.4) is 0 Å². The first kappa shape index (κ1) is 23.6. The van der Waals surface area contributed by atoms with Crippen LogP contribution in [-0.4, -0.2) is 66.9 Å². The van der Waals surface area contributed by atoms with Gasteiger partial charge in [0.2, 0.25) is 0 Å². The predicted octanol–water partition coefficient (Wildman–Crippen LogP) is 2.15. The molecule has 2 bridgehead atoms. The molecule has 1 aliphatic carbocycles. The van der Waals surface area contributed by atoms with Gasteiger partial charge >= 0.3 is 0 Å². The van der Waals surface area contributed by atoms with Crippen molar-refractivity contribution in [2.24, 2.45) is 5.92 Å². The molecule has 1 saturated heterocycles. The molecule has 2 atom stereocenters. The minimum absolute atomic E-state index is 0.209. The number of carbonyl (C=O) groups is 1. The molecule has 0 aromatic carbocycles. The van der Waals surface area contributed by atoms with E-state index in [1.807, 2.05) is 0 Å². The van der Waals surface area contributed by atoms with Gasteiger partial charge in [-0.15, -0.1) is 10.2 Å². The number of nitrogens with zero attached hydrogens (tertiary/aromatic N) is 6. The SMILES string of the molecule is CCCn1cnnc1CN(C)Cc1ccc2n(c1=O)C[C@H]1C[C@@H]2CN(C2CCC2)C1.O=CO. The van der Waals surface area contributed by atoms with Gasteiger partial charge in [-0.3, -0.25) is 19.4 Å². The minimum atomic E-state index is -0.250. The molecule has 0 radical (unpaired) electrons. The van der Waals surface area contributed by atoms with Crippen molar-refractivity contribution in [1.82, 2.24) is 29.1 Å². The van der Waals surface area contributed by atoms with Crippen molar-refractivity contribution in [1.29, 1.82) is 0 Å². The molecule has 1 N–H and O–H groups in total. The Hall–Kier alpha value is -2.52. The third-order valence-corrected chi connectivity index (χ3v) is 7.31. The molecule has 9 nitrogen and oxygen atoms in total. The maximum atomic E-state index is 13.3. The molecule has 4 heterocycles. The van der Waals surface area contributed by atoms with Crippen LogP contribution in [0.4, 0.5) is 0 Å². The number of carboxylic acid groups (broad SMARTS) is 1. The zero-order valence-corrected chi connectivity index (χ0v) is 19.8. The number of aromatic nitrogens is 4. The molecule has 0 unspecified atom stereocenters. The lowest BCUT2D eigenvalue weighted by atomic mass is 9.80. The molecule has 9 heteroatoms. The quantitative estimate of drug-likeness (QED) is 0.638. The van der Waals surface area contributed by atoms with Crippen LogP contribution in [0.2, 0.25) is 0 Å². The maximum absolute atomic E-state index is 13.3. The van der Waals surface area contributed by atoms with Crippen LogP contribution in [0.25, 0.3) is 0 Å². The molecule has 3 aliphatic rings. The van der Waals surface area contributed by atoms with Crippen molar-refractivity contribution in [3.63, 3.8) is 0 Å². The number of piperidine rings is 1. The first-order valence-electron chi connectivity index (χ1n) is 12.1. The predicted molar refractivity (Wildman–Crippen MR) is 125 cm³/mol. The van der Waals surface area contributed by atoms with Gasteiger partial charge in [0.05, 0.1) is 6.54 Å². The highest BCUT2D eigenvalue weighted by atomic mass is 16.3. The van der Waals surface area contributed by atoms with Crippen LogP contribution in [0.15, 0.2) is 23.3 Å². The van der Waals surface area contributed by atoms with E-state index in [1.165, 1.54) is 37.9 Å². The van der Waals surface area contributed by atoms with E-state index in [0.29, 0.717) is 24.9 Å². The summed E-state index contributed by atoms with van der Waals surface area (Å²) in [4.78, 5) is 26.6. The number of likely N-dealkylation sites (tertiary alicyclic amines) is 1. The summed E-state index contributed by atoms with van der Waals surface area (Å²) in [6, 6.07) is 5.11. The summed E-state index contributed by atoms with van der Waals surface area (Å²) >= 11 is 0. The van der Waals surface area contributed by atoms with E-state index in [9.17, 15) is 4.79 Å². The molecule has 1 saturated carbocycles. The van der Waals surface area contributed by atoms with Gasteiger partial charge in [0.1, 0.15) is 12.2 Å². The van der Waals surface area contributed by atoms with E-state index in [1.54, 1.807) is 6.33 Å². The second kappa shape index (κ2) is 10.6. The van der Waals surface area contributed by atoms with Crippen LogP contribution < -0.4 is 5.56 Å². The average Bonchev–Trinajstić information content (AvgIpc) is 3.16. The van der Waals surface area contributed by atoms with Crippen molar-refractivity contribution in [3.8, 4) is 0 Å². The Morgan fingerprint density at radius 3 is 2.70 bits per heavy atom. The van der Waals surface area contributed by atoms with Gasteiger partial charge in [0.15, 0.2) is 0 Å². The van der Waals surface area contributed by atoms with E-state index in [2.05, 4.69) is 55.2 Å². The summed E-state index contributed by atoms with van der Waals surface area (Å²) in [5, 5.41) is 15.2. The monoisotopic (exact) mass is 456 g/mol. The molecule has 2 fully saturated rings. The zero-order valence-electron chi connectivity index (χ0n) is 19.8. The summed E-state index contributed by atoms with van der Waals surface area (Å²) in [6.45, 7) is 7.36. The summed E-state index contributed by atoms with van der Waals surface area (Å²) < 4.78 is 4.20. The van der Waals surface area contributed by atoms with Gasteiger partial charge in [-0.2, -0.15) is 0 Å². The molecule has 0 amide bonds. The lowest BCUT2D eigenvalue weighted by Gasteiger charge is -2.48. The van der Waals surface area contributed by atoms with Crippen molar-refractivity contribution < 1.29 is 9.90 Å². The van der Waals surface area contributed by atoms with Gasteiger partial charge in [-0.25, -0.2) is 0 Å². The van der Waals surface area contributed by atoms with Gasteiger partial charge in [-0.1, -0.05) is 19.4 Å². The normalized spacial score (nSPS) is 22.3. The van der Waals surface area contributed by atoms with Crippen LogP contribution in [-0.2, 0) is 31.0 Å². The summed E-state index contributed by atoms with van der Waals surface area (Å²) in [5.41, 5.74) is 2.36. The van der Waals surface area contributed by atoms with Gasteiger partial charge in [-0.05, 0) is 44.7 Å². The van der Waals surface area contributed by atoms with Crippen molar-refractivity contribution >= 4 is 6.47 Å². The highest BCUT2D eigenvalue weighted by molar-refractivity contribution is 5.32. The number of fused-ring (bicyclic) bond motifs is 4. The average molecular weight is 457 g/mol. The second-order valence-electron chi connectivity index (χ2n) is 9.75. The molecule has 2 aromatic heterocycles. The molecule has 33 heavy (non-hydrogen) atoms. The number of hydrogen-bond donors (Lipinski definition) is 1. The number of pyridine rings is 1. The zero-order chi connectivity index (χ0) is 23.4. The van der Waals surface area contributed by atoms with Crippen LogP contribution in [0.5, 0.6) is 0 Å². The number of hydrogen-bond acceptors (Lipinski definition) is 6. The summed E-state index contributed by atoms with van der Waals surface area (Å²) in [5.74, 6) is 2.10. The van der Waals surface area contributed by atoms with E-state index in [0.717, 1.165) is 43.5 Å². The smallest absolute Gasteiger partial charge is 0.290 e. The van der Waals surface area contributed by atoms with E-state index >= 15 is 0 Å². The standard InChI is InChI=1S/C23H34N6O.CH2O2/c1-3-9-27-16-24-25-22(27)15-26(2)13-18-7-8-21-19-10-17(12-29(21)23(18)30)11-28(14-19)20-5-4-6-20;2-1-3/h7-8,16-17,19-20H,3-6,9-15H2,1-2H3;1H,(H,2,3)/t17-,19+;/m0./s1. The highest BCUT2D eigenvalue weighted by Gasteiger charge is 2.38. The van der Waals surface area contributed by atoms with Crippen LogP contribution >= 0.6 is 0 Å². The van der Waals surface area contributed by atoms with Crippen LogP contribution in [0, 0.1) is 5.92 Å². The lowest BCUT2D eigenvalue weighted by Crippen LogP contribution is -2.52. The Morgan fingerprint density at radius 2 is 2.00 bits per heavy atom. The molecule has 2 aliphatic heterocycles. The maximum Gasteiger partial charge on any atom is 0.290 e. The Morgan fingerprint density at radius 1 is 1.21 bits per heavy atom. The largest absolute Gasteiger partial charge is 0.483 e. The summed E-state index contributed by atoms with van der Waals surface area (Å²) in [6.07, 6.45) is 8.22. The molecule has 2 aromatic rings. The Kier molecular flexibility index (Phi) is 7.60. The number of aryl methyl sites for hydroxylation is 1. The third kappa shape index (κ3) is 5.19. The van der Waals surface area contributed by atoms with Crippen LogP contribution in [0.1, 0.15) is 62.0 Å². The van der Waals surface area contributed by atoms with E-state index < -0.39 is 0 Å².